The molecule has 4 nitrogen and oxygen atoms in total. The van der Waals surface area contributed by atoms with Gasteiger partial charge in [-0.25, -0.2) is 4.98 Å². The molecule has 2 heterocycles. The Morgan fingerprint density at radius 1 is 0.879 bits per heavy atom. The Kier molecular flexibility index (Phi) is 6.63. The number of nitrogens with one attached hydrogen (secondary N) is 1. The zero-order chi connectivity index (χ0) is 22.6. The predicted octanol–water partition coefficient (Wildman–Crippen LogP) is 6.46. The molecular weight excluding hydrogens is 426 g/mol. The minimum absolute atomic E-state index is 0.0935. The average Bonchev–Trinajstić information content (AvgIpc) is 3.22. The maximum absolute atomic E-state index is 6.41. The third kappa shape index (κ3) is 4.91. The number of likely N-dealkylation sites (N-methyl/N-ethyl adjacent to an activating group) is 1. The number of fused-ring (bicyclic) bond motifs is 5. The van der Waals surface area contributed by atoms with E-state index in [9.17, 15) is 0 Å². The van der Waals surface area contributed by atoms with Gasteiger partial charge in [-0.2, -0.15) is 0 Å². The molecule has 0 aliphatic carbocycles. The largest absolute Gasteiger partial charge is 0.369 e. The molecule has 1 N–H and O–H groups in total. The van der Waals surface area contributed by atoms with E-state index in [1.54, 1.807) is 11.8 Å². The first kappa shape index (κ1) is 22.0. The lowest BCUT2D eigenvalue weighted by atomic mass is 10.1. The highest BCUT2D eigenvalue weighted by atomic mass is 32.2. The quantitative estimate of drug-likeness (QED) is 0.291. The maximum atomic E-state index is 6.41. The van der Waals surface area contributed by atoms with Crippen LogP contribution in [0.5, 0.6) is 0 Å². The molecule has 1 atom stereocenters. The zero-order valence-corrected chi connectivity index (χ0v) is 19.9. The SMILES string of the molecule is CN(C)CCOC(CCc1ccccc1)c1nc2c([nH]1)-c1ccccc1Sc1ccccc1-2. The molecule has 0 fully saturated rings. The second-order valence-corrected chi connectivity index (χ2v) is 9.71. The van der Waals surface area contributed by atoms with Gasteiger partial charge in [0.05, 0.1) is 18.0 Å². The lowest BCUT2D eigenvalue weighted by Crippen LogP contribution is -2.20. The van der Waals surface area contributed by atoms with Gasteiger partial charge < -0.3 is 14.6 Å². The van der Waals surface area contributed by atoms with Gasteiger partial charge in [-0.15, -0.1) is 0 Å². The van der Waals surface area contributed by atoms with Crippen LogP contribution in [0.4, 0.5) is 0 Å². The summed E-state index contributed by atoms with van der Waals surface area (Å²) in [6, 6.07) is 27.7. The topological polar surface area (TPSA) is 41.1 Å². The Hall–Kier alpha value is -2.86. The van der Waals surface area contributed by atoms with E-state index >= 15 is 0 Å². The van der Waals surface area contributed by atoms with Crippen LogP contribution < -0.4 is 0 Å². The highest BCUT2D eigenvalue weighted by Gasteiger charge is 2.26. The standard InChI is InChI=1S/C28H29N3OS/c1-31(2)18-19-32-23(17-16-20-10-4-3-5-11-20)28-29-26-21-12-6-8-14-24(21)33-25-15-9-7-13-22(25)27(26)30-28/h3-15,23H,16-19H2,1-2H3,(H,29,30). The first-order valence-corrected chi connectivity index (χ1v) is 12.3. The number of hydrogen-bond acceptors (Lipinski definition) is 4. The highest BCUT2D eigenvalue weighted by Crippen LogP contribution is 2.47. The van der Waals surface area contributed by atoms with Crippen LogP contribution in [0.3, 0.4) is 0 Å². The normalized spacial score (nSPS) is 13.2. The van der Waals surface area contributed by atoms with Crippen molar-refractivity contribution in [1.82, 2.24) is 14.9 Å². The van der Waals surface area contributed by atoms with Gasteiger partial charge in [0.1, 0.15) is 11.9 Å². The Bertz CT molecular complexity index is 1160. The zero-order valence-electron chi connectivity index (χ0n) is 19.1. The second-order valence-electron chi connectivity index (χ2n) is 8.63. The van der Waals surface area contributed by atoms with Crippen molar-refractivity contribution in [1.29, 1.82) is 0 Å². The molecule has 1 aromatic heterocycles. The predicted molar refractivity (Wildman–Crippen MR) is 136 cm³/mol. The smallest absolute Gasteiger partial charge is 0.136 e. The summed E-state index contributed by atoms with van der Waals surface area (Å²) in [7, 11) is 4.14. The van der Waals surface area contributed by atoms with Crippen LogP contribution in [0.1, 0.15) is 23.9 Å². The first-order valence-electron chi connectivity index (χ1n) is 11.5. The fourth-order valence-corrected chi connectivity index (χ4v) is 5.27. The van der Waals surface area contributed by atoms with Crippen LogP contribution in [0.25, 0.3) is 22.5 Å². The summed E-state index contributed by atoms with van der Waals surface area (Å²) in [5, 5.41) is 0. The third-order valence-electron chi connectivity index (χ3n) is 5.94. The molecule has 5 rings (SSSR count). The summed E-state index contributed by atoms with van der Waals surface area (Å²) in [5.74, 6) is 0.909. The maximum Gasteiger partial charge on any atom is 0.136 e. The molecule has 168 valence electrons. The monoisotopic (exact) mass is 455 g/mol. The van der Waals surface area contributed by atoms with E-state index < -0.39 is 0 Å². The van der Waals surface area contributed by atoms with Crippen molar-refractivity contribution < 1.29 is 4.74 Å². The second kappa shape index (κ2) is 9.96. The van der Waals surface area contributed by atoms with Crippen molar-refractivity contribution in [2.45, 2.75) is 28.7 Å². The van der Waals surface area contributed by atoms with Crippen molar-refractivity contribution >= 4 is 11.8 Å². The van der Waals surface area contributed by atoms with Crippen LogP contribution in [0, 0.1) is 0 Å². The number of rotatable bonds is 8. The molecule has 0 amide bonds. The molecule has 1 aliphatic heterocycles. The van der Waals surface area contributed by atoms with Gasteiger partial charge in [0.15, 0.2) is 0 Å². The Balaban J connectivity index is 1.52. The summed E-state index contributed by atoms with van der Waals surface area (Å²) in [5.41, 5.74) is 5.78. The van der Waals surface area contributed by atoms with Gasteiger partial charge >= 0.3 is 0 Å². The highest BCUT2D eigenvalue weighted by molar-refractivity contribution is 7.99. The summed E-state index contributed by atoms with van der Waals surface area (Å²) >= 11 is 1.81. The molecule has 0 saturated carbocycles. The molecule has 0 bridgehead atoms. The van der Waals surface area contributed by atoms with E-state index in [2.05, 4.69) is 103 Å². The van der Waals surface area contributed by atoms with Crippen LogP contribution >= 0.6 is 11.8 Å². The third-order valence-corrected chi connectivity index (χ3v) is 7.09. The average molecular weight is 456 g/mol. The minimum Gasteiger partial charge on any atom is -0.369 e. The number of imidazole rings is 1. The van der Waals surface area contributed by atoms with Gasteiger partial charge in [-0.1, -0.05) is 78.5 Å². The molecule has 0 saturated heterocycles. The van der Waals surface area contributed by atoms with Crippen molar-refractivity contribution in [3.05, 3.63) is 90.3 Å². The summed E-state index contributed by atoms with van der Waals surface area (Å²) in [6.07, 6.45) is 1.73. The summed E-state index contributed by atoms with van der Waals surface area (Å²) in [6.45, 7) is 1.55. The van der Waals surface area contributed by atoms with Crippen LogP contribution in [0.15, 0.2) is 88.7 Å². The number of benzene rings is 3. The number of H-pyrrole nitrogens is 1. The number of aryl methyl sites for hydroxylation is 1. The van der Waals surface area contributed by atoms with E-state index in [0.29, 0.717) is 6.61 Å². The van der Waals surface area contributed by atoms with Crippen molar-refractivity contribution in [2.75, 3.05) is 27.2 Å². The molecule has 0 spiro atoms. The van der Waals surface area contributed by atoms with Crippen LogP contribution in [-0.2, 0) is 11.2 Å². The fourth-order valence-electron chi connectivity index (χ4n) is 4.18. The van der Waals surface area contributed by atoms with E-state index in [1.807, 2.05) is 0 Å². The lowest BCUT2D eigenvalue weighted by Gasteiger charge is -2.18. The fraction of sp³-hybridized carbons (Fsp3) is 0.250. The molecule has 1 unspecified atom stereocenters. The number of aromatic amines is 1. The van der Waals surface area contributed by atoms with Gasteiger partial charge in [0.2, 0.25) is 0 Å². The summed E-state index contributed by atoms with van der Waals surface area (Å²) < 4.78 is 6.41. The van der Waals surface area contributed by atoms with Crippen molar-refractivity contribution in [2.24, 2.45) is 0 Å². The van der Waals surface area contributed by atoms with Crippen LogP contribution in [-0.4, -0.2) is 42.1 Å². The Morgan fingerprint density at radius 2 is 1.55 bits per heavy atom. The number of ether oxygens (including phenoxy) is 1. The molecular formula is C28H29N3OS. The number of hydrogen-bond donors (Lipinski definition) is 1. The molecule has 33 heavy (non-hydrogen) atoms. The van der Waals surface area contributed by atoms with Crippen LogP contribution in [0.2, 0.25) is 0 Å². The van der Waals surface area contributed by atoms with Crippen molar-refractivity contribution in [3.63, 3.8) is 0 Å². The number of aromatic nitrogens is 2. The van der Waals surface area contributed by atoms with E-state index in [1.165, 1.54) is 26.5 Å². The lowest BCUT2D eigenvalue weighted by molar-refractivity contribution is 0.0331. The minimum atomic E-state index is -0.0935. The van der Waals surface area contributed by atoms with E-state index in [-0.39, 0.29) is 6.10 Å². The van der Waals surface area contributed by atoms with Gasteiger partial charge in [-0.05, 0) is 44.6 Å². The first-order chi connectivity index (χ1) is 16.2. The molecule has 1 aliphatic rings. The Morgan fingerprint density at radius 3 is 2.30 bits per heavy atom. The molecule has 3 aromatic carbocycles. The summed E-state index contributed by atoms with van der Waals surface area (Å²) in [4.78, 5) is 13.5. The molecule has 4 aromatic rings. The Labute approximate surface area is 200 Å². The van der Waals surface area contributed by atoms with Gasteiger partial charge in [0, 0.05) is 27.5 Å². The van der Waals surface area contributed by atoms with Gasteiger partial charge in [-0.3, -0.25) is 0 Å². The molecule has 5 heteroatoms. The van der Waals surface area contributed by atoms with E-state index in [4.69, 9.17) is 9.72 Å². The van der Waals surface area contributed by atoms with E-state index in [0.717, 1.165) is 36.6 Å². The molecule has 0 radical (unpaired) electrons. The number of nitrogens with zero attached hydrogens (tertiary/aromatic N) is 2. The van der Waals surface area contributed by atoms with Gasteiger partial charge in [0.25, 0.3) is 0 Å². The van der Waals surface area contributed by atoms with Crippen molar-refractivity contribution in [3.8, 4) is 22.5 Å².